The molecule has 3 aromatic carbocycles. The lowest BCUT2D eigenvalue weighted by molar-refractivity contribution is -0.139. The van der Waals surface area contributed by atoms with E-state index in [9.17, 15) is 18.0 Å². The number of likely N-dealkylation sites (N-methyl/N-ethyl adjacent to an activating group) is 1. The number of carbonyl (C=O) groups is 2. The van der Waals surface area contributed by atoms with Crippen LogP contribution >= 0.6 is 34.8 Å². The molecular formula is C28H30Cl3N3O4S. The first-order valence-electron chi connectivity index (χ1n) is 12.2. The number of amides is 2. The van der Waals surface area contributed by atoms with E-state index < -0.39 is 34.4 Å². The molecular weight excluding hydrogens is 581 g/mol. The third kappa shape index (κ3) is 7.06. The minimum atomic E-state index is -4.21. The first kappa shape index (κ1) is 30.8. The molecule has 0 radical (unpaired) electrons. The number of halogens is 3. The fourth-order valence-corrected chi connectivity index (χ4v) is 6.13. The summed E-state index contributed by atoms with van der Waals surface area (Å²) in [6.45, 7) is 6.51. The predicted octanol–water partition coefficient (Wildman–Crippen LogP) is 6.01. The number of hydrogen-bond donors (Lipinski definition) is 1. The highest BCUT2D eigenvalue weighted by atomic mass is 35.5. The van der Waals surface area contributed by atoms with Gasteiger partial charge < -0.3 is 10.2 Å². The van der Waals surface area contributed by atoms with Gasteiger partial charge in [0.05, 0.1) is 10.6 Å². The van der Waals surface area contributed by atoms with E-state index >= 15 is 0 Å². The van der Waals surface area contributed by atoms with E-state index in [1.807, 2.05) is 6.92 Å². The summed E-state index contributed by atoms with van der Waals surface area (Å²) >= 11 is 19.1. The van der Waals surface area contributed by atoms with Gasteiger partial charge in [-0.3, -0.25) is 13.9 Å². The van der Waals surface area contributed by atoms with Crippen molar-refractivity contribution in [1.29, 1.82) is 0 Å². The molecule has 39 heavy (non-hydrogen) atoms. The van der Waals surface area contributed by atoms with E-state index in [1.165, 1.54) is 17.0 Å². The normalized spacial score (nSPS) is 12.1. The number of aryl methyl sites for hydroxylation is 1. The van der Waals surface area contributed by atoms with Crippen molar-refractivity contribution in [2.24, 2.45) is 0 Å². The van der Waals surface area contributed by atoms with Crippen molar-refractivity contribution in [2.75, 3.05) is 17.4 Å². The Morgan fingerprint density at radius 2 is 1.46 bits per heavy atom. The van der Waals surface area contributed by atoms with Gasteiger partial charge in [-0.1, -0.05) is 64.6 Å². The molecule has 3 aromatic rings. The number of rotatable bonds is 10. The van der Waals surface area contributed by atoms with Crippen molar-refractivity contribution in [3.8, 4) is 0 Å². The molecule has 208 valence electrons. The van der Waals surface area contributed by atoms with Crippen molar-refractivity contribution in [1.82, 2.24) is 10.2 Å². The van der Waals surface area contributed by atoms with Gasteiger partial charge in [-0.05, 0) is 69.7 Å². The third-order valence-electron chi connectivity index (χ3n) is 6.30. The molecule has 0 aliphatic heterocycles. The predicted molar refractivity (Wildman–Crippen MR) is 157 cm³/mol. The number of carbonyl (C=O) groups excluding carboxylic acids is 2. The average molecular weight is 611 g/mol. The zero-order valence-electron chi connectivity index (χ0n) is 22.0. The van der Waals surface area contributed by atoms with Crippen LogP contribution in [0.15, 0.2) is 65.6 Å². The second kappa shape index (κ2) is 13.0. The van der Waals surface area contributed by atoms with Gasteiger partial charge in [-0.15, -0.1) is 0 Å². The first-order valence-corrected chi connectivity index (χ1v) is 14.8. The maximum absolute atomic E-state index is 14.0. The molecule has 0 heterocycles. The van der Waals surface area contributed by atoms with Crippen molar-refractivity contribution >= 4 is 62.3 Å². The molecule has 11 heteroatoms. The quantitative estimate of drug-likeness (QED) is 0.305. The van der Waals surface area contributed by atoms with Crippen LogP contribution in [0, 0.1) is 13.8 Å². The molecule has 0 spiro atoms. The lowest BCUT2D eigenvalue weighted by Gasteiger charge is -2.32. The van der Waals surface area contributed by atoms with Crippen molar-refractivity contribution in [3.05, 3.63) is 92.4 Å². The summed E-state index contributed by atoms with van der Waals surface area (Å²) in [6, 6.07) is 15.2. The van der Waals surface area contributed by atoms with Crippen LogP contribution in [0.5, 0.6) is 0 Å². The fourth-order valence-electron chi connectivity index (χ4n) is 3.98. The maximum atomic E-state index is 14.0. The number of nitrogens with zero attached hydrogens (tertiary/aromatic N) is 2. The van der Waals surface area contributed by atoms with E-state index in [0.29, 0.717) is 32.7 Å². The van der Waals surface area contributed by atoms with Crippen LogP contribution in [0.3, 0.4) is 0 Å². The summed E-state index contributed by atoms with van der Waals surface area (Å²) < 4.78 is 28.9. The van der Waals surface area contributed by atoms with E-state index in [-0.39, 0.29) is 17.1 Å². The molecule has 0 saturated carbocycles. The Balaban J connectivity index is 2.11. The molecule has 0 fully saturated rings. The summed E-state index contributed by atoms with van der Waals surface area (Å²) in [6.07, 6.45) is 0. The fraction of sp³-hybridized carbons (Fsp3) is 0.286. The summed E-state index contributed by atoms with van der Waals surface area (Å²) in [5.74, 6) is -1.03. The van der Waals surface area contributed by atoms with Gasteiger partial charge in [0, 0.05) is 33.7 Å². The largest absolute Gasteiger partial charge is 0.355 e. The van der Waals surface area contributed by atoms with Gasteiger partial charge in [-0.2, -0.15) is 0 Å². The first-order chi connectivity index (χ1) is 18.4. The second-order valence-electron chi connectivity index (χ2n) is 9.00. The Morgan fingerprint density at radius 3 is 2.05 bits per heavy atom. The van der Waals surface area contributed by atoms with E-state index in [4.69, 9.17) is 34.8 Å². The number of nitrogens with one attached hydrogen (secondary N) is 1. The molecule has 0 unspecified atom stereocenters. The monoisotopic (exact) mass is 609 g/mol. The van der Waals surface area contributed by atoms with Crippen LogP contribution in [-0.4, -0.2) is 44.3 Å². The lowest BCUT2D eigenvalue weighted by atomic mass is 10.1. The lowest BCUT2D eigenvalue weighted by Crippen LogP contribution is -2.51. The van der Waals surface area contributed by atoms with E-state index in [2.05, 4.69) is 5.32 Å². The molecule has 0 bridgehead atoms. The van der Waals surface area contributed by atoms with E-state index in [1.54, 1.807) is 69.3 Å². The molecule has 1 atom stereocenters. The van der Waals surface area contributed by atoms with Gasteiger partial charge in [0.1, 0.15) is 12.6 Å². The summed E-state index contributed by atoms with van der Waals surface area (Å²) in [5, 5.41) is 3.69. The number of hydrogen-bond acceptors (Lipinski definition) is 4. The van der Waals surface area contributed by atoms with E-state index in [0.717, 1.165) is 9.87 Å². The highest BCUT2D eigenvalue weighted by Crippen LogP contribution is 2.32. The molecule has 0 aliphatic carbocycles. The van der Waals surface area contributed by atoms with Gasteiger partial charge in [-0.25, -0.2) is 8.42 Å². The summed E-state index contributed by atoms with van der Waals surface area (Å²) in [7, 11) is -4.21. The van der Waals surface area contributed by atoms with Gasteiger partial charge >= 0.3 is 0 Å². The van der Waals surface area contributed by atoms with Crippen LogP contribution in [0.25, 0.3) is 0 Å². The van der Waals surface area contributed by atoms with Crippen molar-refractivity contribution in [3.63, 3.8) is 0 Å². The maximum Gasteiger partial charge on any atom is 0.264 e. The van der Waals surface area contributed by atoms with Crippen LogP contribution in [0.2, 0.25) is 15.1 Å². The zero-order chi connectivity index (χ0) is 28.9. The Bertz CT molecular complexity index is 1440. The summed E-state index contributed by atoms with van der Waals surface area (Å²) in [5.41, 5.74) is 2.06. The number of anilines is 1. The Labute approximate surface area is 244 Å². The third-order valence-corrected chi connectivity index (χ3v) is 9.20. The number of benzene rings is 3. The Morgan fingerprint density at radius 1 is 0.897 bits per heavy atom. The topological polar surface area (TPSA) is 86.8 Å². The van der Waals surface area contributed by atoms with Crippen molar-refractivity contribution in [2.45, 2.75) is 45.2 Å². The highest BCUT2D eigenvalue weighted by molar-refractivity contribution is 7.92. The minimum Gasteiger partial charge on any atom is -0.355 e. The standard InChI is InChI=1S/C28H30Cl3N3O4S/c1-5-32-28(36)20(4)33(16-22-24(30)9-6-10-25(22)31)27(35)17-34(26-11-7-8-23(29)19(26)3)39(37,38)21-14-12-18(2)13-15-21/h6-15,20H,5,16-17H2,1-4H3,(H,32,36)/t20-/m1/s1. The smallest absolute Gasteiger partial charge is 0.264 e. The molecule has 3 rings (SSSR count). The molecule has 0 aromatic heterocycles. The number of sulfonamides is 1. The average Bonchev–Trinajstić information content (AvgIpc) is 2.89. The highest BCUT2D eigenvalue weighted by Gasteiger charge is 2.33. The molecule has 0 aliphatic rings. The van der Waals surface area contributed by atoms with Gasteiger partial charge in [0.2, 0.25) is 11.8 Å². The SMILES string of the molecule is CCNC(=O)[C@@H](C)N(Cc1c(Cl)cccc1Cl)C(=O)CN(c1cccc(Cl)c1C)S(=O)(=O)c1ccc(C)cc1. The minimum absolute atomic E-state index is 0.0118. The van der Waals surface area contributed by atoms with Crippen molar-refractivity contribution < 1.29 is 18.0 Å². The molecule has 2 amide bonds. The van der Waals surface area contributed by atoms with Crippen LogP contribution < -0.4 is 9.62 Å². The molecule has 1 N–H and O–H groups in total. The van der Waals surface area contributed by atoms with Gasteiger partial charge in [0.25, 0.3) is 10.0 Å². The Kier molecular flexibility index (Phi) is 10.3. The van der Waals surface area contributed by atoms with Crippen LogP contribution in [0.4, 0.5) is 5.69 Å². The second-order valence-corrected chi connectivity index (χ2v) is 12.1. The van der Waals surface area contributed by atoms with Crippen LogP contribution in [0.1, 0.15) is 30.5 Å². The zero-order valence-corrected chi connectivity index (χ0v) is 25.1. The molecule has 7 nitrogen and oxygen atoms in total. The molecule has 0 saturated heterocycles. The Hall–Kier alpha value is -2.78. The summed E-state index contributed by atoms with van der Waals surface area (Å²) in [4.78, 5) is 28.1. The van der Waals surface area contributed by atoms with Gasteiger partial charge in [0.15, 0.2) is 0 Å². The van der Waals surface area contributed by atoms with Crippen LogP contribution in [-0.2, 0) is 26.2 Å².